The third kappa shape index (κ3) is 4.25. The van der Waals surface area contributed by atoms with Gasteiger partial charge < -0.3 is 14.8 Å². The largest absolute Gasteiger partial charge is 0.483 e. The zero-order valence-corrected chi connectivity index (χ0v) is 15.7. The summed E-state index contributed by atoms with van der Waals surface area (Å²) >= 11 is 0. The number of carbonyl (C=O) groups is 2. The molecule has 28 heavy (non-hydrogen) atoms. The third-order valence-corrected chi connectivity index (χ3v) is 4.14. The Balaban J connectivity index is 1.82. The van der Waals surface area contributed by atoms with Crippen LogP contribution in [0.25, 0.3) is 10.9 Å². The summed E-state index contributed by atoms with van der Waals surface area (Å²) in [5.74, 6) is -1.14. The molecule has 0 radical (unpaired) electrons. The second kappa shape index (κ2) is 8.04. The Bertz CT molecular complexity index is 1070. The molecular formula is C21H19FN2O4. The SMILES string of the molecule is COC(=O)c1cc(OCC(=O)Nc2ccc(C)c(F)c2)c2cc(C)ccc2n1. The molecule has 3 rings (SSSR count). The van der Waals surface area contributed by atoms with Crippen molar-refractivity contribution in [2.24, 2.45) is 0 Å². The Labute approximate surface area is 161 Å². The summed E-state index contributed by atoms with van der Waals surface area (Å²) in [4.78, 5) is 28.3. The number of fused-ring (bicyclic) bond motifs is 1. The Kier molecular flexibility index (Phi) is 5.54. The lowest BCUT2D eigenvalue weighted by Crippen LogP contribution is -2.20. The molecule has 2 aromatic carbocycles. The third-order valence-electron chi connectivity index (χ3n) is 4.14. The van der Waals surface area contributed by atoms with Gasteiger partial charge in [0.1, 0.15) is 11.6 Å². The summed E-state index contributed by atoms with van der Waals surface area (Å²) in [5, 5.41) is 3.25. The van der Waals surface area contributed by atoms with Crippen molar-refractivity contribution in [2.45, 2.75) is 13.8 Å². The molecule has 0 spiro atoms. The maximum absolute atomic E-state index is 13.6. The molecule has 144 valence electrons. The van der Waals surface area contributed by atoms with Crippen molar-refractivity contribution in [1.82, 2.24) is 4.98 Å². The maximum atomic E-state index is 13.6. The lowest BCUT2D eigenvalue weighted by molar-refractivity contribution is -0.118. The van der Waals surface area contributed by atoms with Gasteiger partial charge in [0, 0.05) is 17.1 Å². The van der Waals surface area contributed by atoms with Crippen molar-refractivity contribution in [3.8, 4) is 5.75 Å². The quantitative estimate of drug-likeness (QED) is 0.679. The van der Waals surface area contributed by atoms with Crippen molar-refractivity contribution in [1.29, 1.82) is 0 Å². The fourth-order valence-electron chi connectivity index (χ4n) is 2.65. The molecule has 0 aliphatic heterocycles. The molecule has 0 atom stereocenters. The number of nitrogens with one attached hydrogen (secondary N) is 1. The van der Waals surface area contributed by atoms with Crippen LogP contribution in [0, 0.1) is 19.7 Å². The fourth-order valence-corrected chi connectivity index (χ4v) is 2.65. The molecule has 1 N–H and O–H groups in total. The van der Waals surface area contributed by atoms with E-state index < -0.39 is 17.7 Å². The molecule has 0 saturated heterocycles. The summed E-state index contributed by atoms with van der Waals surface area (Å²) in [5.41, 5.74) is 2.43. The zero-order chi connectivity index (χ0) is 20.3. The average molecular weight is 382 g/mol. The zero-order valence-electron chi connectivity index (χ0n) is 15.7. The van der Waals surface area contributed by atoms with E-state index >= 15 is 0 Å². The number of aromatic nitrogens is 1. The van der Waals surface area contributed by atoms with Gasteiger partial charge in [0.25, 0.3) is 5.91 Å². The van der Waals surface area contributed by atoms with E-state index in [0.29, 0.717) is 27.9 Å². The van der Waals surface area contributed by atoms with Crippen LogP contribution in [0.3, 0.4) is 0 Å². The average Bonchev–Trinajstić information content (AvgIpc) is 2.68. The highest BCUT2D eigenvalue weighted by Gasteiger charge is 2.15. The van der Waals surface area contributed by atoms with Crippen molar-refractivity contribution in [2.75, 3.05) is 19.0 Å². The van der Waals surface area contributed by atoms with Crippen LogP contribution in [-0.2, 0) is 9.53 Å². The van der Waals surface area contributed by atoms with E-state index in [9.17, 15) is 14.0 Å². The number of benzene rings is 2. The smallest absolute Gasteiger partial charge is 0.356 e. The van der Waals surface area contributed by atoms with Crippen LogP contribution < -0.4 is 10.1 Å². The van der Waals surface area contributed by atoms with Crippen molar-refractivity contribution in [3.05, 3.63) is 65.1 Å². The number of anilines is 1. The van der Waals surface area contributed by atoms with Gasteiger partial charge in [-0.2, -0.15) is 0 Å². The molecule has 3 aromatic rings. The summed E-state index contributed by atoms with van der Waals surface area (Å²) in [6.07, 6.45) is 0. The van der Waals surface area contributed by atoms with Gasteiger partial charge in [0.2, 0.25) is 0 Å². The van der Waals surface area contributed by atoms with Gasteiger partial charge in [-0.3, -0.25) is 4.79 Å². The van der Waals surface area contributed by atoms with Gasteiger partial charge in [0.15, 0.2) is 12.3 Å². The number of aryl methyl sites for hydroxylation is 2. The number of hydrogen-bond acceptors (Lipinski definition) is 5. The summed E-state index contributed by atoms with van der Waals surface area (Å²) in [6.45, 7) is 3.23. The normalized spacial score (nSPS) is 10.6. The molecule has 0 aliphatic rings. The lowest BCUT2D eigenvalue weighted by atomic mass is 10.1. The Morgan fingerprint density at radius 1 is 1.11 bits per heavy atom. The molecular weight excluding hydrogens is 363 g/mol. The summed E-state index contributed by atoms with van der Waals surface area (Å²) in [6, 6.07) is 11.3. The maximum Gasteiger partial charge on any atom is 0.356 e. The Morgan fingerprint density at radius 2 is 1.89 bits per heavy atom. The predicted octanol–water partition coefficient (Wildman–Crippen LogP) is 3.79. The van der Waals surface area contributed by atoms with Gasteiger partial charge in [-0.1, -0.05) is 17.7 Å². The summed E-state index contributed by atoms with van der Waals surface area (Å²) in [7, 11) is 1.26. The van der Waals surface area contributed by atoms with Crippen LogP contribution in [0.15, 0.2) is 42.5 Å². The first-order valence-electron chi connectivity index (χ1n) is 8.56. The minimum absolute atomic E-state index is 0.0786. The highest BCUT2D eigenvalue weighted by Crippen LogP contribution is 2.27. The molecule has 6 nitrogen and oxygen atoms in total. The van der Waals surface area contributed by atoms with E-state index in [-0.39, 0.29) is 12.3 Å². The standard InChI is InChI=1S/C21H19FN2O4/c1-12-4-7-17-15(8-12)19(10-18(24-17)21(26)27-3)28-11-20(25)23-14-6-5-13(2)16(22)9-14/h4-10H,11H2,1-3H3,(H,23,25). The number of nitrogens with zero attached hydrogens (tertiary/aromatic N) is 1. The Hall–Kier alpha value is -3.48. The topological polar surface area (TPSA) is 77.5 Å². The molecule has 0 saturated carbocycles. The fraction of sp³-hybridized carbons (Fsp3) is 0.190. The van der Waals surface area contributed by atoms with Gasteiger partial charge in [-0.15, -0.1) is 0 Å². The number of carbonyl (C=O) groups excluding carboxylic acids is 2. The first-order valence-corrected chi connectivity index (χ1v) is 8.56. The Morgan fingerprint density at radius 3 is 2.61 bits per heavy atom. The van der Waals surface area contributed by atoms with E-state index in [1.165, 1.54) is 19.2 Å². The van der Waals surface area contributed by atoms with Crippen LogP contribution in [0.4, 0.5) is 10.1 Å². The van der Waals surface area contributed by atoms with Crippen molar-refractivity contribution < 1.29 is 23.5 Å². The molecule has 1 heterocycles. The molecule has 7 heteroatoms. The number of rotatable bonds is 5. The predicted molar refractivity (Wildman–Crippen MR) is 103 cm³/mol. The number of hydrogen-bond donors (Lipinski definition) is 1. The second-order valence-electron chi connectivity index (χ2n) is 6.32. The van der Waals surface area contributed by atoms with E-state index in [1.807, 2.05) is 19.1 Å². The number of pyridine rings is 1. The number of ether oxygens (including phenoxy) is 2. The molecule has 1 amide bonds. The van der Waals surface area contributed by atoms with E-state index in [4.69, 9.17) is 9.47 Å². The first kappa shape index (κ1) is 19.3. The van der Waals surface area contributed by atoms with Crippen LogP contribution in [0.2, 0.25) is 0 Å². The monoisotopic (exact) mass is 382 g/mol. The van der Waals surface area contributed by atoms with Crippen molar-refractivity contribution >= 4 is 28.5 Å². The second-order valence-corrected chi connectivity index (χ2v) is 6.32. The van der Waals surface area contributed by atoms with Gasteiger partial charge in [-0.25, -0.2) is 14.2 Å². The first-order chi connectivity index (χ1) is 13.4. The minimum atomic E-state index is -0.605. The molecule has 0 fully saturated rings. The van der Waals surface area contributed by atoms with Crippen LogP contribution in [0.5, 0.6) is 5.75 Å². The number of methoxy groups -OCH3 is 1. The lowest BCUT2D eigenvalue weighted by Gasteiger charge is -2.12. The van der Waals surface area contributed by atoms with Gasteiger partial charge in [0.05, 0.1) is 12.6 Å². The molecule has 0 aliphatic carbocycles. The van der Waals surface area contributed by atoms with Crippen LogP contribution >= 0.6 is 0 Å². The number of esters is 1. The molecule has 0 bridgehead atoms. The van der Waals surface area contributed by atoms with Crippen molar-refractivity contribution in [3.63, 3.8) is 0 Å². The molecule has 0 unspecified atom stereocenters. The van der Waals surface area contributed by atoms with Gasteiger partial charge >= 0.3 is 5.97 Å². The molecule has 1 aromatic heterocycles. The minimum Gasteiger partial charge on any atom is -0.483 e. The van der Waals surface area contributed by atoms with Gasteiger partial charge in [-0.05, 0) is 43.7 Å². The van der Waals surface area contributed by atoms with E-state index in [2.05, 4.69) is 10.3 Å². The number of halogens is 1. The highest BCUT2D eigenvalue weighted by atomic mass is 19.1. The highest BCUT2D eigenvalue weighted by molar-refractivity contribution is 5.95. The number of amides is 1. The van der Waals surface area contributed by atoms with E-state index in [0.717, 1.165) is 5.56 Å². The van der Waals surface area contributed by atoms with E-state index in [1.54, 1.807) is 25.1 Å². The van der Waals surface area contributed by atoms with Crippen LogP contribution in [-0.4, -0.2) is 30.6 Å². The van der Waals surface area contributed by atoms with Crippen LogP contribution in [0.1, 0.15) is 21.6 Å². The summed E-state index contributed by atoms with van der Waals surface area (Å²) < 4.78 is 24.0.